The lowest BCUT2D eigenvalue weighted by molar-refractivity contribution is -0.136. The van der Waals surface area contributed by atoms with Crippen molar-refractivity contribution in [1.82, 2.24) is 5.43 Å². The van der Waals surface area contributed by atoms with Crippen LogP contribution >= 0.6 is 11.6 Å². The molecule has 0 saturated heterocycles. The zero-order chi connectivity index (χ0) is 17.5. The van der Waals surface area contributed by atoms with Crippen LogP contribution in [0.5, 0.6) is 11.5 Å². The number of halogens is 1. The molecule has 0 fully saturated rings. The van der Waals surface area contributed by atoms with Crippen molar-refractivity contribution in [2.24, 2.45) is 5.10 Å². The van der Waals surface area contributed by atoms with Crippen LogP contribution in [0.4, 0.5) is 5.69 Å². The molecule has 0 spiro atoms. The number of para-hydroxylation sites is 1. The Morgan fingerprint density at radius 3 is 2.67 bits per heavy atom. The summed E-state index contributed by atoms with van der Waals surface area (Å²) in [5.74, 6) is -1.72. The lowest BCUT2D eigenvalue weighted by Gasteiger charge is -2.05. The highest BCUT2D eigenvalue weighted by atomic mass is 35.5. The van der Waals surface area contributed by atoms with Crippen molar-refractivity contribution in [2.45, 2.75) is 0 Å². The number of phenols is 1. The van der Waals surface area contributed by atoms with E-state index in [1.54, 1.807) is 36.4 Å². The van der Waals surface area contributed by atoms with Crippen LogP contribution in [0.3, 0.4) is 0 Å². The molecule has 0 radical (unpaired) electrons. The predicted molar refractivity (Wildman–Crippen MR) is 90.5 cm³/mol. The first-order chi connectivity index (χ1) is 11.5. The number of aromatic hydroxyl groups is 1. The van der Waals surface area contributed by atoms with Gasteiger partial charge in [-0.05, 0) is 30.3 Å². The van der Waals surface area contributed by atoms with Gasteiger partial charge in [-0.25, -0.2) is 5.43 Å². The van der Waals surface area contributed by atoms with Gasteiger partial charge >= 0.3 is 11.8 Å². The summed E-state index contributed by atoms with van der Waals surface area (Å²) in [6.07, 6.45) is 1.20. The molecular formula is C16H14ClN3O4. The van der Waals surface area contributed by atoms with Crippen molar-refractivity contribution >= 4 is 35.3 Å². The fourth-order valence-corrected chi connectivity index (χ4v) is 1.96. The minimum atomic E-state index is -0.964. The maximum atomic E-state index is 11.7. The second-order valence-corrected chi connectivity index (χ2v) is 5.00. The smallest absolute Gasteiger partial charge is 0.329 e. The van der Waals surface area contributed by atoms with Gasteiger partial charge in [0.25, 0.3) is 0 Å². The number of phenolic OH excluding ortho intramolecular Hbond substituents is 1. The van der Waals surface area contributed by atoms with E-state index in [0.29, 0.717) is 16.3 Å². The largest absolute Gasteiger partial charge is 0.504 e. The highest BCUT2D eigenvalue weighted by molar-refractivity contribution is 6.39. The van der Waals surface area contributed by atoms with Crippen LogP contribution in [0.25, 0.3) is 0 Å². The minimum Gasteiger partial charge on any atom is -0.504 e. The van der Waals surface area contributed by atoms with E-state index in [0.717, 1.165) is 0 Å². The molecule has 7 nitrogen and oxygen atoms in total. The molecule has 0 aromatic heterocycles. The van der Waals surface area contributed by atoms with Crippen molar-refractivity contribution < 1.29 is 19.4 Å². The van der Waals surface area contributed by atoms with Gasteiger partial charge < -0.3 is 15.2 Å². The third-order valence-electron chi connectivity index (χ3n) is 2.91. The first-order valence-electron chi connectivity index (χ1n) is 6.77. The molecule has 0 unspecified atom stereocenters. The molecule has 8 heteroatoms. The molecular weight excluding hydrogens is 334 g/mol. The van der Waals surface area contributed by atoms with Crippen molar-refractivity contribution in [2.75, 3.05) is 12.4 Å². The summed E-state index contributed by atoms with van der Waals surface area (Å²) >= 11 is 5.79. The highest BCUT2D eigenvalue weighted by Gasteiger charge is 2.13. The number of carbonyl (C=O) groups is 2. The Bertz CT molecular complexity index is 793. The maximum absolute atomic E-state index is 11.7. The number of hydrazone groups is 1. The number of anilines is 1. The average molecular weight is 348 g/mol. The number of carbonyl (C=O) groups excluding carboxylic acids is 2. The molecule has 2 aromatic rings. The van der Waals surface area contributed by atoms with E-state index in [4.69, 9.17) is 16.3 Å². The van der Waals surface area contributed by atoms with Crippen LogP contribution in [0.1, 0.15) is 5.56 Å². The van der Waals surface area contributed by atoms with Crippen molar-refractivity contribution in [3.8, 4) is 11.5 Å². The normalized spacial score (nSPS) is 10.4. The van der Waals surface area contributed by atoms with Crippen molar-refractivity contribution in [3.05, 3.63) is 53.1 Å². The topological polar surface area (TPSA) is 100 Å². The monoisotopic (exact) mass is 347 g/mol. The standard InChI is InChI=1S/C16H14ClN3O4/c1-24-13-7-2-4-10(14(13)21)9-18-20-16(23)15(22)19-12-6-3-5-11(17)8-12/h2-9,21H,1H3,(H,19,22)(H,20,23)/b18-9+. The summed E-state index contributed by atoms with van der Waals surface area (Å²) in [5, 5.41) is 16.3. The molecule has 0 aliphatic carbocycles. The molecule has 2 rings (SSSR count). The van der Waals surface area contributed by atoms with Crippen LogP contribution in [0.15, 0.2) is 47.6 Å². The Balaban J connectivity index is 1.96. The van der Waals surface area contributed by atoms with Gasteiger partial charge in [-0.15, -0.1) is 0 Å². The first kappa shape index (κ1) is 17.3. The van der Waals surface area contributed by atoms with E-state index in [2.05, 4.69) is 15.8 Å². The van der Waals surface area contributed by atoms with Crippen molar-refractivity contribution in [3.63, 3.8) is 0 Å². The number of nitrogens with zero attached hydrogens (tertiary/aromatic N) is 1. The second kappa shape index (κ2) is 7.98. The number of hydrogen-bond donors (Lipinski definition) is 3. The van der Waals surface area contributed by atoms with Gasteiger partial charge in [0.05, 0.1) is 13.3 Å². The quantitative estimate of drug-likeness (QED) is 0.448. The van der Waals surface area contributed by atoms with E-state index in [1.807, 2.05) is 0 Å². The molecule has 3 N–H and O–H groups in total. The lowest BCUT2D eigenvalue weighted by Crippen LogP contribution is -2.32. The Morgan fingerprint density at radius 2 is 1.96 bits per heavy atom. The van der Waals surface area contributed by atoms with E-state index < -0.39 is 11.8 Å². The number of benzene rings is 2. The summed E-state index contributed by atoms with van der Waals surface area (Å²) < 4.78 is 4.95. The summed E-state index contributed by atoms with van der Waals surface area (Å²) in [7, 11) is 1.41. The van der Waals surface area contributed by atoms with Crippen LogP contribution in [0.2, 0.25) is 5.02 Å². The van der Waals surface area contributed by atoms with Gasteiger partial charge in [-0.3, -0.25) is 9.59 Å². The fourth-order valence-electron chi connectivity index (χ4n) is 1.77. The van der Waals surface area contributed by atoms with E-state index in [9.17, 15) is 14.7 Å². The van der Waals surface area contributed by atoms with E-state index in [-0.39, 0.29) is 11.5 Å². The summed E-state index contributed by atoms with van der Waals surface area (Å²) in [6, 6.07) is 11.2. The zero-order valence-corrected chi connectivity index (χ0v) is 13.4. The number of rotatable bonds is 4. The van der Waals surface area contributed by atoms with E-state index >= 15 is 0 Å². The number of ether oxygens (including phenoxy) is 1. The van der Waals surface area contributed by atoms with Crippen LogP contribution in [-0.2, 0) is 9.59 Å². The molecule has 2 aromatic carbocycles. The summed E-state index contributed by atoms with van der Waals surface area (Å²) in [5.41, 5.74) is 2.77. The van der Waals surface area contributed by atoms with Crippen LogP contribution in [-0.4, -0.2) is 30.2 Å². The SMILES string of the molecule is COc1cccc(/C=N/NC(=O)C(=O)Nc2cccc(Cl)c2)c1O. The third kappa shape index (κ3) is 4.47. The molecule has 0 aliphatic heterocycles. The minimum absolute atomic E-state index is 0.124. The van der Waals surface area contributed by atoms with E-state index in [1.165, 1.54) is 19.4 Å². The van der Waals surface area contributed by atoms with Gasteiger partial charge in [-0.2, -0.15) is 5.10 Å². The highest BCUT2D eigenvalue weighted by Crippen LogP contribution is 2.27. The Hall–Kier alpha value is -3.06. The molecule has 0 aliphatic rings. The van der Waals surface area contributed by atoms with Gasteiger partial charge in [0.15, 0.2) is 11.5 Å². The fraction of sp³-hybridized carbons (Fsp3) is 0.0625. The van der Waals surface area contributed by atoms with Gasteiger partial charge in [0, 0.05) is 16.3 Å². The van der Waals surface area contributed by atoms with Crippen molar-refractivity contribution in [1.29, 1.82) is 0 Å². The molecule has 124 valence electrons. The molecule has 0 atom stereocenters. The predicted octanol–water partition coefficient (Wildman–Crippen LogP) is 2.14. The number of nitrogens with one attached hydrogen (secondary N) is 2. The zero-order valence-electron chi connectivity index (χ0n) is 12.6. The van der Waals surface area contributed by atoms with Crippen LogP contribution < -0.4 is 15.5 Å². The molecule has 2 amide bonds. The Kier molecular flexibility index (Phi) is 5.75. The Morgan fingerprint density at radius 1 is 1.21 bits per heavy atom. The second-order valence-electron chi connectivity index (χ2n) is 4.56. The summed E-state index contributed by atoms with van der Waals surface area (Å²) in [6.45, 7) is 0. The molecule has 0 bridgehead atoms. The summed E-state index contributed by atoms with van der Waals surface area (Å²) in [4.78, 5) is 23.4. The van der Waals surface area contributed by atoms with Gasteiger partial charge in [-0.1, -0.05) is 23.7 Å². The van der Waals surface area contributed by atoms with Gasteiger partial charge in [0.2, 0.25) is 0 Å². The lowest BCUT2D eigenvalue weighted by atomic mass is 10.2. The molecule has 0 saturated carbocycles. The number of methoxy groups -OCH3 is 1. The van der Waals surface area contributed by atoms with Gasteiger partial charge in [0.1, 0.15) is 0 Å². The van der Waals surface area contributed by atoms with Crippen LogP contribution in [0, 0.1) is 0 Å². The first-order valence-corrected chi connectivity index (χ1v) is 7.15. The number of hydrogen-bond acceptors (Lipinski definition) is 5. The maximum Gasteiger partial charge on any atom is 0.329 e. The third-order valence-corrected chi connectivity index (χ3v) is 3.14. The molecule has 0 heterocycles. The molecule has 24 heavy (non-hydrogen) atoms. The Labute approximate surface area is 142 Å². The number of amides is 2. The average Bonchev–Trinajstić information content (AvgIpc) is 2.56.